The molecule has 1 aliphatic carbocycles. The first-order valence-corrected chi connectivity index (χ1v) is 8.28. The summed E-state index contributed by atoms with van der Waals surface area (Å²) in [5.41, 5.74) is 8.60. The van der Waals surface area contributed by atoms with Gasteiger partial charge < -0.3 is 15.9 Å². The molecule has 0 radical (unpaired) electrons. The Bertz CT molecular complexity index is 530. The molecule has 0 saturated heterocycles. The monoisotopic (exact) mass is 309 g/mol. The summed E-state index contributed by atoms with van der Waals surface area (Å²) in [6.45, 7) is 4.22. The molecule has 1 aromatic rings. The van der Waals surface area contributed by atoms with Crippen LogP contribution in [0.3, 0.4) is 0 Å². The lowest BCUT2D eigenvalue weighted by Crippen LogP contribution is -2.52. The molecule has 116 valence electrons. The topological polar surface area (TPSA) is 83.5 Å². The van der Waals surface area contributed by atoms with Crippen molar-refractivity contribution in [3.05, 3.63) is 29.3 Å². The Morgan fingerprint density at radius 2 is 2.19 bits per heavy atom. The number of phenolic OH excluding ortho intramolecular Hbond substituents is 1. The highest BCUT2D eigenvalue weighted by Gasteiger charge is 2.40. The summed E-state index contributed by atoms with van der Waals surface area (Å²) in [6, 6.07) is 5.50. The Hall–Kier alpha value is -1.20. The smallest absolute Gasteiger partial charge is 0.303 e. The number of carbonyl (C=O) groups is 1. The lowest BCUT2D eigenvalue weighted by atomic mass is 9.69. The van der Waals surface area contributed by atoms with Crippen LogP contribution in [0.1, 0.15) is 37.8 Å². The minimum atomic E-state index is -0.746. The third-order valence-electron chi connectivity index (χ3n) is 4.31. The van der Waals surface area contributed by atoms with E-state index in [1.54, 1.807) is 17.8 Å². The Labute approximate surface area is 129 Å². The third-order valence-corrected chi connectivity index (χ3v) is 5.72. The van der Waals surface area contributed by atoms with Crippen molar-refractivity contribution in [1.82, 2.24) is 0 Å². The molecule has 0 heterocycles. The molecule has 1 aromatic carbocycles. The molecule has 0 aliphatic heterocycles. The number of rotatable bonds is 5. The Morgan fingerprint density at radius 3 is 2.86 bits per heavy atom. The van der Waals surface area contributed by atoms with Crippen LogP contribution in [0.5, 0.6) is 5.75 Å². The van der Waals surface area contributed by atoms with Crippen molar-refractivity contribution in [2.45, 2.75) is 49.8 Å². The van der Waals surface area contributed by atoms with Gasteiger partial charge in [0.1, 0.15) is 5.75 Å². The molecule has 2 atom stereocenters. The fourth-order valence-electron chi connectivity index (χ4n) is 2.95. The fraction of sp³-hybridized carbons (Fsp3) is 0.562. The fourth-order valence-corrected chi connectivity index (χ4v) is 4.41. The average molecular weight is 309 g/mol. The summed E-state index contributed by atoms with van der Waals surface area (Å²) in [7, 11) is 0. The second kappa shape index (κ2) is 6.28. The van der Waals surface area contributed by atoms with Gasteiger partial charge in [-0.05, 0) is 41.9 Å². The highest BCUT2D eigenvalue weighted by atomic mass is 32.2. The van der Waals surface area contributed by atoms with Gasteiger partial charge in [-0.2, -0.15) is 11.8 Å². The highest BCUT2D eigenvalue weighted by Crippen LogP contribution is 2.41. The van der Waals surface area contributed by atoms with Gasteiger partial charge in [-0.1, -0.05) is 19.9 Å². The molecular formula is C16H23NO3S. The summed E-state index contributed by atoms with van der Waals surface area (Å²) in [5.74, 6) is 0.347. The van der Waals surface area contributed by atoms with Gasteiger partial charge in [0.25, 0.3) is 0 Å². The van der Waals surface area contributed by atoms with Crippen LogP contribution in [0.2, 0.25) is 0 Å². The van der Waals surface area contributed by atoms with Gasteiger partial charge in [0.2, 0.25) is 0 Å². The minimum Gasteiger partial charge on any atom is -0.508 e. The molecule has 4 nitrogen and oxygen atoms in total. The second-order valence-electron chi connectivity index (χ2n) is 6.20. The molecule has 2 unspecified atom stereocenters. The van der Waals surface area contributed by atoms with E-state index in [-0.39, 0.29) is 28.9 Å². The summed E-state index contributed by atoms with van der Waals surface area (Å²) < 4.78 is 0. The first-order valence-electron chi connectivity index (χ1n) is 7.23. The van der Waals surface area contributed by atoms with Crippen molar-refractivity contribution in [1.29, 1.82) is 0 Å². The number of aromatic hydroxyl groups is 1. The molecule has 0 fully saturated rings. The first-order chi connectivity index (χ1) is 9.82. The van der Waals surface area contributed by atoms with Crippen molar-refractivity contribution < 1.29 is 15.0 Å². The van der Waals surface area contributed by atoms with E-state index < -0.39 is 5.97 Å². The molecule has 4 N–H and O–H groups in total. The molecule has 1 aliphatic rings. The quantitative estimate of drug-likeness (QED) is 0.728. The molecule has 0 saturated carbocycles. The van der Waals surface area contributed by atoms with E-state index in [0.717, 1.165) is 17.7 Å². The van der Waals surface area contributed by atoms with Crippen molar-refractivity contribution in [2.24, 2.45) is 5.73 Å². The Kier molecular flexibility index (Phi) is 4.84. The zero-order chi connectivity index (χ0) is 15.6. The standard InChI is InChI=1S/C16H23NO3S/c1-16(2)12-9-11(18)6-5-10(12)8-13(15(16)17)21-7-3-4-14(19)20/h5-6,9,13,15,18H,3-4,7-8,17H2,1-2H3,(H,19,20). The predicted octanol–water partition coefficient (Wildman–Crippen LogP) is 2.52. The van der Waals surface area contributed by atoms with Crippen LogP contribution < -0.4 is 5.73 Å². The highest BCUT2D eigenvalue weighted by molar-refractivity contribution is 7.99. The minimum absolute atomic E-state index is 0.0124. The molecule has 2 rings (SSSR count). The molecule has 0 amide bonds. The zero-order valence-electron chi connectivity index (χ0n) is 12.5. The van der Waals surface area contributed by atoms with Gasteiger partial charge in [0, 0.05) is 23.1 Å². The molecule has 0 bridgehead atoms. The largest absolute Gasteiger partial charge is 0.508 e. The molecular weight excluding hydrogens is 286 g/mol. The lowest BCUT2D eigenvalue weighted by molar-refractivity contribution is -0.137. The Morgan fingerprint density at radius 1 is 1.48 bits per heavy atom. The van der Waals surface area contributed by atoms with Crippen LogP contribution in [0.4, 0.5) is 0 Å². The number of aliphatic carboxylic acids is 1. The van der Waals surface area contributed by atoms with Crippen molar-refractivity contribution >= 4 is 17.7 Å². The number of benzene rings is 1. The van der Waals surface area contributed by atoms with E-state index in [4.69, 9.17) is 10.8 Å². The van der Waals surface area contributed by atoms with Gasteiger partial charge in [0.15, 0.2) is 0 Å². The van der Waals surface area contributed by atoms with E-state index in [2.05, 4.69) is 13.8 Å². The van der Waals surface area contributed by atoms with Crippen molar-refractivity contribution in [2.75, 3.05) is 5.75 Å². The summed E-state index contributed by atoms with van der Waals surface area (Å²) >= 11 is 1.77. The van der Waals surface area contributed by atoms with E-state index in [9.17, 15) is 9.90 Å². The van der Waals surface area contributed by atoms with Crippen LogP contribution in [0.15, 0.2) is 18.2 Å². The first kappa shape index (κ1) is 16.2. The summed E-state index contributed by atoms with van der Waals surface area (Å²) in [4.78, 5) is 10.6. The van der Waals surface area contributed by atoms with Crippen molar-refractivity contribution in [3.63, 3.8) is 0 Å². The molecule has 0 aromatic heterocycles. The predicted molar refractivity (Wildman–Crippen MR) is 85.9 cm³/mol. The Balaban J connectivity index is 2.09. The number of thioether (sulfide) groups is 1. The van der Waals surface area contributed by atoms with E-state index in [1.165, 1.54) is 5.56 Å². The van der Waals surface area contributed by atoms with E-state index >= 15 is 0 Å². The lowest BCUT2D eigenvalue weighted by Gasteiger charge is -2.43. The number of phenols is 1. The van der Waals surface area contributed by atoms with Crippen LogP contribution in [0.25, 0.3) is 0 Å². The van der Waals surface area contributed by atoms with Gasteiger partial charge >= 0.3 is 5.97 Å². The van der Waals surface area contributed by atoms with Gasteiger partial charge in [0.05, 0.1) is 0 Å². The van der Waals surface area contributed by atoms with Crippen LogP contribution in [0, 0.1) is 0 Å². The summed E-state index contributed by atoms with van der Waals surface area (Å²) in [5, 5.41) is 18.7. The van der Waals surface area contributed by atoms with Gasteiger partial charge in [-0.15, -0.1) is 0 Å². The number of hydrogen-bond acceptors (Lipinski definition) is 4. The molecule has 21 heavy (non-hydrogen) atoms. The number of hydrogen-bond donors (Lipinski definition) is 3. The summed E-state index contributed by atoms with van der Waals surface area (Å²) in [6.07, 6.45) is 1.76. The third kappa shape index (κ3) is 3.52. The maximum absolute atomic E-state index is 10.6. The number of fused-ring (bicyclic) bond motifs is 1. The second-order valence-corrected chi connectivity index (χ2v) is 7.55. The zero-order valence-corrected chi connectivity index (χ0v) is 13.3. The average Bonchev–Trinajstić information content (AvgIpc) is 2.41. The van der Waals surface area contributed by atoms with Crippen LogP contribution >= 0.6 is 11.8 Å². The maximum atomic E-state index is 10.6. The van der Waals surface area contributed by atoms with E-state index in [1.807, 2.05) is 12.1 Å². The normalized spacial score (nSPS) is 23.6. The van der Waals surface area contributed by atoms with E-state index in [0.29, 0.717) is 6.42 Å². The van der Waals surface area contributed by atoms with Gasteiger partial charge in [-0.3, -0.25) is 4.79 Å². The number of carboxylic acids is 1. The molecule has 0 spiro atoms. The number of nitrogens with two attached hydrogens (primary N) is 1. The maximum Gasteiger partial charge on any atom is 0.303 e. The van der Waals surface area contributed by atoms with Crippen LogP contribution in [-0.4, -0.2) is 33.2 Å². The van der Waals surface area contributed by atoms with Crippen LogP contribution in [-0.2, 0) is 16.6 Å². The molecule has 5 heteroatoms. The SMILES string of the molecule is CC1(C)c2cc(O)ccc2CC(SCCCC(=O)O)C1N. The van der Waals surface area contributed by atoms with Gasteiger partial charge in [-0.25, -0.2) is 0 Å². The number of carboxylic acid groups (broad SMARTS) is 1. The van der Waals surface area contributed by atoms with Crippen molar-refractivity contribution in [3.8, 4) is 5.75 Å².